The number of imide groups is 1. The molecule has 0 fully saturated rings. The molecule has 3 aromatic carbocycles. The third-order valence-corrected chi connectivity index (χ3v) is 8.05. The van der Waals surface area contributed by atoms with Gasteiger partial charge in [-0.25, -0.2) is 4.68 Å². The number of carbonyl (C=O) groups is 2. The Bertz CT molecular complexity index is 1860. The van der Waals surface area contributed by atoms with Crippen LogP contribution in [-0.2, 0) is 16.0 Å². The van der Waals surface area contributed by atoms with E-state index in [1.807, 2.05) is 79.0 Å². The van der Waals surface area contributed by atoms with Crippen LogP contribution in [0.2, 0.25) is 0 Å². The van der Waals surface area contributed by atoms with Gasteiger partial charge in [0.05, 0.1) is 32.2 Å². The van der Waals surface area contributed by atoms with E-state index < -0.39 is 11.8 Å². The quantitative estimate of drug-likeness (QED) is 0.125. The van der Waals surface area contributed by atoms with E-state index in [4.69, 9.17) is 19.3 Å². The van der Waals surface area contributed by atoms with Crippen molar-refractivity contribution in [3.63, 3.8) is 0 Å². The Hall–Kier alpha value is -5.62. The Morgan fingerprint density at radius 1 is 0.936 bits per heavy atom. The van der Waals surface area contributed by atoms with Gasteiger partial charge in [-0.15, -0.1) is 0 Å². The van der Waals surface area contributed by atoms with Crippen molar-refractivity contribution in [1.29, 1.82) is 5.26 Å². The molecule has 0 radical (unpaired) electrons. The Kier molecular flexibility index (Phi) is 10.2. The molecule has 0 bridgehead atoms. The van der Waals surface area contributed by atoms with E-state index in [9.17, 15) is 14.9 Å². The summed E-state index contributed by atoms with van der Waals surface area (Å²) in [6.45, 7) is 6.67. The molecule has 5 rings (SSSR count). The van der Waals surface area contributed by atoms with Crippen LogP contribution in [0.5, 0.6) is 17.2 Å². The number of nitrogens with zero attached hydrogens (tertiary/aromatic N) is 4. The molecule has 2 amide bonds. The zero-order valence-corrected chi connectivity index (χ0v) is 27.3. The van der Waals surface area contributed by atoms with Gasteiger partial charge < -0.3 is 14.2 Å². The normalized spacial score (nSPS) is 14.1. The highest BCUT2D eigenvalue weighted by Crippen LogP contribution is 2.33. The van der Waals surface area contributed by atoms with E-state index in [1.54, 1.807) is 38.0 Å². The molecule has 4 aromatic rings. The number of para-hydroxylation sites is 1. The third kappa shape index (κ3) is 7.28. The second-order valence-electron chi connectivity index (χ2n) is 11.6. The Morgan fingerprint density at radius 3 is 2.32 bits per heavy atom. The van der Waals surface area contributed by atoms with E-state index >= 15 is 0 Å². The summed E-state index contributed by atoms with van der Waals surface area (Å²) >= 11 is 0. The van der Waals surface area contributed by atoms with Crippen LogP contribution >= 0.6 is 0 Å². The molecule has 0 atom stereocenters. The van der Waals surface area contributed by atoms with Crippen LogP contribution in [0.15, 0.2) is 95.7 Å². The average molecular weight is 631 g/mol. The zero-order valence-electron chi connectivity index (χ0n) is 27.3. The molecule has 0 saturated carbocycles. The maximum absolute atomic E-state index is 14.0. The minimum absolute atomic E-state index is 0.0666. The number of amides is 2. The first kappa shape index (κ1) is 32.8. The molecule has 0 spiro atoms. The second-order valence-corrected chi connectivity index (χ2v) is 11.6. The highest BCUT2D eigenvalue weighted by molar-refractivity contribution is 6.19. The van der Waals surface area contributed by atoms with Gasteiger partial charge in [-0.05, 0) is 91.4 Å². The number of hydrogen-bond acceptors (Lipinski definition) is 7. The first-order valence-electron chi connectivity index (χ1n) is 15.5. The first-order chi connectivity index (χ1) is 22.7. The van der Waals surface area contributed by atoms with Crippen LogP contribution in [-0.4, -0.2) is 53.9 Å². The van der Waals surface area contributed by atoms with E-state index in [0.29, 0.717) is 47.3 Å². The van der Waals surface area contributed by atoms with Crippen LogP contribution in [0.4, 0.5) is 0 Å². The van der Waals surface area contributed by atoms with Crippen molar-refractivity contribution < 1.29 is 23.8 Å². The summed E-state index contributed by atoms with van der Waals surface area (Å²) in [6, 6.07) is 24.8. The van der Waals surface area contributed by atoms with Crippen molar-refractivity contribution >= 4 is 17.9 Å². The number of methoxy groups -OCH3 is 2. The summed E-state index contributed by atoms with van der Waals surface area (Å²) in [5, 5.41) is 14.9. The fourth-order valence-electron chi connectivity index (χ4n) is 5.32. The van der Waals surface area contributed by atoms with Gasteiger partial charge in [0.15, 0.2) is 11.5 Å². The number of aromatic nitrogens is 2. The second kappa shape index (κ2) is 14.6. The Balaban J connectivity index is 1.51. The predicted molar refractivity (Wildman–Crippen MR) is 180 cm³/mol. The summed E-state index contributed by atoms with van der Waals surface area (Å²) in [6.07, 6.45) is 4.90. The molecule has 2 heterocycles. The van der Waals surface area contributed by atoms with Gasteiger partial charge in [0.25, 0.3) is 11.8 Å². The molecule has 240 valence electrons. The molecule has 1 aliphatic rings. The fourth-order valence-corrected chi connectivity index (χ4v) is 5.32. The van der Waals surface area contributed by atoms with Crippen LogP contribution in [0.25, 0.3) is 23.0 Å². The van der Waals surface area contributed by atoms with Gasteiger partial charge in [-0.2, -0.15) is 10.4 Å². The number of benzene rings is 3. The summed E-state index contributed by atoms with van der Waals surface area (Å²) in [7, 11) is 3.11. The number of nitriles is 1. The number of hydrogen-bond donors (Lipinski definition) is 0. The molecule has 1 aliphatic heterocycles. The summed E-state index contributed by atoms with van der Waals surface area (Å²) in [5.41, 5.74) is 4.35. The summed E-state index contributed by atoms with van der Waals surface area (Å²) < 4.78 is 18.4. The van der Waals surface area contributed by atoms with Crippen molar-refractivity contribution in [2.45, 2.75) is 33.6 Å². The van der Waals surface area contributed by atoms with Gasteiger partial charge in [-0.1, -0.05) is 38.1 Å². The zero-order chi connectivity index (χ0) is 33.5. The Morgan fingerprint density at radius 2 is 1.66 bits per heavy atom. The number of rotatable bonds is 12. The lowest BCUT2D eigenvalue weighted by molar-refractivity contribution is -0.140. The topological polar surface area (TPSA) is 107 Å². The minimum atomic E-state index is -0.610. The fraction of sp³-hybridized carbons (Fsp3) is 0.263. The van der Waals surface area contributed by atoms with Crippen LogP contribution in [0.1, 0.15) is 38.3 Å². The van der Waals surface area contributed by atoms with Crippen LogP contribution < -0.4 is 14.2 Å². The van der Waals surface area contributed by atoms with E-state index in [0.717, 1.165) is 33.9 Å². The van der Waals surface area contributed by atoms with E-state index in [-0.39, 0.29) is 17.7 Å². The largest absolute Gasteiger partial charge is 0.494 e. The highest BCUT2D eigenvalue weighted by Gasteiger charge is 2.35. The van der Waals surface area contributed by atoms with Gasteiger partial charge in [0.2, 0.25) is 0 Å². The number of carbonyl (C=O) groups excluding carboxylic acids is 2. The standard InChI is InChI=1S/C38H38N4O5/c1-25(2)18-20-47-31-14-12-28(13-15-31)36-29(24-42(40-36)30-9-7-6-8-10-30)22-32-26(3)33(23-39)38(44)41(37(32)43)19-17-27-11-16-34(45-4)35(21-27)46-5/h6-16,21-22,24-25H,17-20H2,1-5H3/b32-22+. The van der Waals surface area contributed by atoms with Crippen molar-refractivity contribution in [3.05, 3.63) is 107 Å². The van der Waals surface area contributed by atoms with Gasteiger partial charge in [0.1, 0.15) is 17.4 Å². The van der Waals surface area contributed by atoms with Crippen LogP contribution in [0.3, 0.4) is 0 Å². The maximum atomic E-state index is 14.0. The lowest BCUT2D eigenvalue weighted by atomic mass is 9.93. The molecule has 0 N–H and O–H groups in total. The van der Waals surface area contributed by atoms with E-state index in [2.05, 4.69) is 13.8 Å². The predicted octanol–water partition coefficient (Wildman–Crippen LogP) is 6.82. The summed E-state index contributed by atoms with van der Waals surface area (Å²) in [4.78, 5) is 28.5. The van der Waals surface area contributed by atoms with Crippen molar-refractivity contribution in [1.82, 2.24) is 14.7 Å². The molecule has 0 unspecified atom stereocenters. The maximum Gasteiger partial charge on any atom is 0.271 e. The SMILES string of the molecule is COc1ccc(CCN2C(=O)C(C#N)=C(C)/C(=C\c3cn(-c4ccccc4)nc3-c3ccc(OCCC(C)C)cc3)C2=O)cc1OC. The lowest BCUT2D eigenvalue weighted by Gasteiger charge is -2.27. The van der Waals surface area contributed by atoms with Gasteiger partial charge in [0, 0.05) is 29.4 Å². The Labute approximate surface area is 275 Å². The van der Waals surface area contributed by atoms with Crippen molar-refractivity contribution in [2.75, 3.05) is 27.4 Å². The highest BCUT2D eigenvalue weighted by atomic mass is 16.5. The smallest absolute Gasteiger partial charge is 0.271 e. The van der Waals surface area contributed by atoms with Crippen molar-refractivity contribution in [3.8, 4) is 40.3 Å². The van der Waals surface area contributed by atoms with Gasteiger partial charge in [-0.3, -0.25) is 14.5 Å². The molecule has 0 saturated heterocycles. The average Bonchev–Trinajstić information content (AvgIpc) is 3.51. The summed E-state index contributed by atoms with van der Waals surface area (Å²) in [5.74, 6) is 1.36. The molecule has 9 nitrogen and oxygen atoms in total. The third-order valence-electron chi connectivity index (χ3n) is 8.05. The molecule has 1 aromatic heterocycles. The van der Waals surface area contributed by atoms with Crippen LogP contribution in [0, 0.1) is 17.2 Å². The first-order valence-corrected chi connectivity index (χ1v) is 15.5. The lowest BCUT2D eigenvalue weighted by Crippen LogP contribution is -2.43. The molecule has 0 aliphatic carbocycles. The molecule has 9 heteroatoms. The van der Waals surface area contributed by atoms with Gasteiger partial charge >= 0.3 is 0 Å². The molecular weight excluding hydrogens is 592 g/mol. The monoisotopic (exact) mass is 630 g/mol. The van der Waals surface area contributed by atoms with E-state index in [1.165, 1.54) is 0 Å². The molecular formula is C38H38N4O5. The molecule has 47 heavy (non-hydrogen) atoms. The minimum Gasteiger partial charge on any atom is -0.494 e. The number of ether oxygens (including phenoxy) is 3. The van der Waals surface area contributed by atoms with Crippen molar-refractivity contribution in [2.24, 2.45) is 5.92 Å².